The van der Waals surface area contributed by atoms with Crippen molar-refractivity contribution in [2.75, 3.05) is 6.61 Å². The molecule has 184 valence electrons. The van der Waals surface area contributed by atoms with Crippen LogP contribution in [0, 0.1) is 0 Å². The van der Waals surface area contributed by atoms with Crippen molar-refractivity contribution in [3.05, 3.63) is 57.6 Å². The van der Waals surface area contributed by atoms with Crippen LogP contribution in [0.25, 0.3) is 0 Å². The van der Waals surface area contributed by atoms with Gasteiger partial charge in [-0.15, -0.1) is 0 Å². The molecule has 1 fully saturated rings. The molecule has 5 unspecified atom stereocenters. The number of hydrogen-bond acceptors (Lipinski definition) is 10. The Hall–Kier alpha value is -3.15. The Morgan fingerprint density at radius 3 is 2.29 bits per heavy atom. The van der Waals surface area contributed by atoms with E-state index in [1.807, 2.05) is 0 Å². The number of phenols is 2. The second-order valence-electron chi connectivity index (χ2n) is 9.37. The van der Waals surface area contributed by atoms with Gasteiger partial charge in [0.25, 0.3) is 0 Å². The van der Waals surface area contributed by atoms with E-state index in [1.54, 1.807) is 12.1 Å². The number of ketones is 3. The van der Waals surface area contributed by atoms with E-state index in [9.17, 15) is 34.8 Å². The summed E-state index contributed by atoms with van der Waals surface area (Å²) < 4.78 is 11.5. The molecule has 10 nitrogen and oxygen atoms in total. The number of aromatic hydroxyl groups is 2. The summed E-state index contributed by atoms with van der Waals surface area (Å²) in [5.41, 5.74) is 3.31. The van der Waals surface area contributed by atoms with E-state index in [0.29, 0.717) is 0 Å². The number of fused-ring (bicyclic) bond motifs is 3. The van der Waals surface area contributed by atoms with Crippen molar-refractivity contribution in [3.63, 3.8) is 0 Å². The molecule has 35 heavy (non-hydrogen) atoms. The van der Waals surface area contributed by atoms with Gasteiger partial charge in [-0.05, 0) is 6.92 Å². The van der Waals surface area contributed by atoms with Gasteiger partial charge in [0.2, 0.25) is 0 Å². The highest BCUT2D eigenvalue weighted by Gasteiger charge is 2.48. The second-order valence-corrected chi connectivity index (χ2v) is 9.37. The van der Waals surface area contributed by atoms with E-state index < -0.39 is 65.4 Å². The van der Waals surface area contributed by atoms with Crippen molar-refractivity contribution in [2.45, 2.75) is 56.3 Å². The number of Topliss-reactive ketones (excluding diaryl/α,β-unsaturated/α-hetero) is 1. The molecule has 0 aromatic heterocycles. The Bertz CT molecular complexity index is 1270. The SMILES string of the molecule is CC(=O)C1(O)Cc2c(O)c3c(c(O)c2C(OC2CC(N)C(O)CO2)C1)C(=O)c1ccccc1C3=O. The van der Waals surface area contributed by atoms with Crippen LogP contribution in [0.2, 0.25) is 0 Å². The first-order valence-electron chi connectivity index (χ1n) is 11.3. The van der Waals surface area contributed by atoms with Gasteiger partial charge in [-0.1, -0.05) is 24.3 Å². The summed E-state index contributed by atoms with van der Waals surface area (Å²) >= 11 is 0. The van der Waals surface area contributed by atoms with Gasteiger partial charge in [0, 0.05) is 47.6 Å². The highest BCUT2D eigenvalue weighted by Crippen LogP contribution is 2.51. The first kappa shape index (κ1) is 23.6. The summed E-state index contributed by atoms with van der Waals surface area (Å²) in [4.78, 5) is 38.9. The predicted molar refractivity (Wildman–Crippen MR) is 119 cm³/mol. The van der Waals surface area contributed by atoms with Crippen LogP contribution >= 0.6 is 0 Å². The molecule has 2 aromatic rings. The van der Waals surface area contributed by atoms with Crippen LogP contribution in [0.1, 0.15) is 68.8 Å². The molecule has 1 aliphatic heterocycles. The minimum absolute atomic E-state index is 0.00370. The van der Waals surface area contributed by atoms with Crippen LogP contribution in [-0.4, -0.2) is 68.4 Å². The molecule has 0 radical (unpaired) electrons. The number of aliphatic hydroxyl groups is 2. The number of nitrogens with two attached hydrogens (primary N) is 1. The summed E-state index contributed by atoms with van der Waals surface area (Å²) in [6.07, 6.45) is -3.62. The zero-order chi connectivity index (χ0) is 25.2. The summed E-state index contributed by atoms with van der Waals surface area (Å²) in [7, 11) is 0. The quantitative estimate of drug-likeness (QED) is 0.332. The van der Waals surface area contributed by atoms with Gasteiger partial charge in [-0.25, -0.2) is 0 Å². The fraction of sp³-hybridized carbons (Fsp3) is 0.400. The third kappa shape index (κ3) is 3.57. The number of phenolic OH excluding ortho intramolecular Hbond substituents is 2. The van der Waals surface area contributed by atoms with E-state index in [2.05, 4.69) is 0 Å². The monoisotopic (exact) mass is 483 g/mol. The number of benzene rings is 2. The lowest BCUT2D eigenvalue weighted by atomic mass is 9.72. The molecule has 6 N–H and O–H groups in total. The average molecular weight is 483 g/mol. The minimum atomic E-state index is -1.97. The molecule has 0 spiro atoms. The van der Waals surface area contributed by atoms with Gasteiger partial charge in [-0.3, -0.25) is 14.4 Å². The van der Waals surface area contributed by atoms with Gasteiger partial charge in [-0.2, -0.15) is 0 Å². The highest BCUT2D eigenvalue weighted by atomic mass is 16.7. The molecule has 0 bridgehead atoms. The van der Waals surface area contributed by atoms with Gasteiger partial charge in [0.15, 0.2) is 23.6 Å². The van der Waals surface area contributed by atoms with Gasteiger partial charge < -0.3 is 35.6 Å². The normalized spacial score (nSPS) is 29.8. The summed E-state index contributed by atoms with van der Waals surface area (Å²) in [6.45, 7) is 1.08. The van der Waals surface area contributed by atoms with Crippen molar-refractivity contribution in [2.24, 2.45) is 5.73 Å². The molecule has 0 saturated carbocycles. The topological polar surface area (TPSA) is 177 Å². The van der Waals surface area contributed by atoms with Crippen molar-refractivity contribution in [3.8, 4) is 11.5 Å². The highest BCUT2D eigenvalue weighted by molar-refractivity contribution is 6.30. The lowest BCUT2D eigenvalue weighted by Gasteiger charge is -2.40. The van der Waals surface area contributed by atoms with Crippen LogP contribution in [0.4, 0.5) is 0 Å². The van der Waals surface area contributed by atoms with Crippen molar-refractivity contribution in [1.82, 2.24) is 0 Å². The summed E-state index contributed by atoms with van der Waals surface area (Å²) in [6, 6.07) is 5.42. The Kier molecular flexibility index (Phi) is 5.53. The number of carbonyl (C=O) groups excluding carboxylic acids is 3. The Labute approximate surface area is 199 Å². The standard InChI is InChI=1S/C25H25NO9/c1-10(27)25(33)7-13-18(16(8-25)35-17-6-14(26)15(28)9-34-17)24(32)20-19(23(13)31)21(29)11-4-2-3-5-12(11)22(20)30/h2-5,14-17,28,31-33H,6-9,26H2,1H3. The Morgan fingerprint density at radius 2 is 1.71 bits per heavy atom. The third-order valence-corrected chi connectivity index (χ3v) is 7.16. The van der Waals surface area contributed by atoms with E-state index in [0.717, 1.165) is 0 Å². The number of carbonyl (C=O) groups is 3. The van der Waals surface area contributed by atoms with E-state index in [4.69, 9.17) is 15.2 Å². The summed E-state index contributed by atoms with van der Waals surface area (Å²) in [5.74, 6) is -3.05. The van der Waals surface area contributed by atoms with E-state index >= 15 is 0 Å². The lowest BCUT2D eigenvalue weighted by Crippen LogP contribution is -2.49. The number of ether oxygens (including phenoxy) is 2. The van der Waals surface area contributed by atoms with Gasteiger partial charge in [0.05, 0.1) is 29.9 Å². The lowest BCUT2D eigenvalue weighted by molar-refractivity contribution is -0.223. The molecular weight excluding hydrogens is 458 g/mol. The van der Waals surface area contributed by atoms with Crippen molar-refractivity contribution >= 4 is 17.3 Å². The second kappa shape index (κ2) is 8.21. The van der Waals surface area contributed by atoms with Crippen molar-refractivity contribution < 1.29 is 44.3 Å². The molecule has 1 saturated heterocycles. The number of rotatable bonds is 3. The van der Waals surface area contributed by atoms with E-state index in [-0.39, 0.29) is 52.8 Å². The molecule has 2 aliphatic carbocycles. The number of hydrogen-bond donors (Lipinski definition) is 5. The fourth-order valence-electron chi connectivity index (χ4n) is 5.12. The maximum Gasteiger partial charge on any atom is 0.198 e. The van der Waals surface area contributed by atoms with Gasteiger partial charge >= 0.3 is 0 Å². The third-order valence-electron chi connectivity index (χ3n) is 7.16. The minimum Gasteiger partial charge on any atom is -0.507 e. The Morgan fingerprint density at radius 1 is 1.11 bits per heavy atom. The van der Waals surface area contributed by atoms with Crippen molar-refractivity contribution in [1.29, 1.82) is 0 Å². The zero-order valence-corrected chi connectivity index (χ0v) is 18.9. The van der Waals surface area contributed by atoms with Crippen LogP contribution in [-0.2, 0) is 20.7 Å². The fourth-order valence-corrected chi connectivity index (χ4v) is 5.12. The summed E-state index contributed by atoms with van der Waals surface area (Å²) in [5, 5.41) is 43.4. The first-order valence-corrected chi connectivity index (χ1v) is 11.3. The van der Waals surface area contributed by atoms with Crippen LogP contribution < -0.4 is 5.73 Å². The molecule has 0 amide bonds. The zero-order valence-electron chi connectivity index (χ0n) is 18.9. The predicted octanol–water partition coefficient (Wildman–Crippen LogP) is 0.632. The molecule has 2 aromatic carbocycles. The number of aliphatic hydroxyl groups excluding tert-OH is 1. The van der Waals surface area contributed by atoms with Crippen LogP contribution in [0.15, 0.2) is 24.3 Å². The molecule has 1 heterocycles. The maximum atomic E-state index is 13.3. The maximum absolute atomic E-state index is 13.3. The molecule has 5 rings (SSSR count). The molecule has 10 heteroatoms. The average Bonchev–Trinajstić information content (AvgIpc) is 2.82. The molecular formula is C25H25NO9. The smallest absolute Gasteiger partial charge is 0.198 e. The first-order chi connectivity index (χ1) is 16.5. The largest absolute Gasteiger partial charge is 0.507 e. The van der Waals surface area contributed by atoms with Gasteiger partial charge in [0.1, 0.15) is 17.1 Å². The molecule has 3 aliphatic rings. The van der Waals surface area contributed by atoms with Crippen LogP contribution in [0.3, 0.4) is 0 Å². The molecule has 5 atom stereocenters. The Balaban J connectivity index is 1.67. The van der Waals surface area contributed by atoms with E-state index in [1.165, 1.54) is 19.1 Å². The van der Waals surface area contributed by atoms with Crippen LogP contribution in [0.5, 0.6) is 11.5 Å².